The predicted octanol–water partition coefficient (Wildman–Crippen LogP) is 3.80. The number of nitrogens with zero attached hydrogens (tertiary/aromatic N) is 2. The molecule has 0 amide bonds. The summed E-state index contributed by atoms with van der Waals surface area (Å²) < 4.78 is 5.39. The van der Waals surface area contributed by atoms with E-state index in [1.165, 1.54) is 0 Å². The highest BCUT2D eigenvalue weighted by molar-refractivity contribution is 6.34. The molecular weight excluding hydrogens is 309 g/mol. The molecule has 3 atom stereocenters. The first-order valence-electron chi connectivity index (χ1n) is 7.02. The van der Waals surface area contributed by atoms with Gasteiger partial charge in [0.2, 0.25) is 5.89 Å². The van der Waals surface area contributed by atoms with Crippen LogP contribution in [0.4, 0.5) is 0 Å². The Balaban J connectivity index is 1.70. The second-order valence-corrected chi connectivity index (χ2v) is 6.47. The fourth-order valence-electron chi connectivity index (χ4n) is 2.50. The number of rotatable bonds is 5. The summed E-state index contributed by atoms with van der Waals surface area (Å²) in [4.78, 5) is 4.50. The molecule has 1 aromatic carbocycles. The van der Waals surface area contributed by atoms with Crippen LogP contribution in [0.15, 0.2) is 22.7 Å². The number of benzene rings is 1. The Morgan fingerprint density at radius 3 is 2.67 bits per heavy atom. The Labute approximate surface area is 133 Å². The number of hydrogen-bond donors (Lipinski definition) is 1. The molecule has 0 saturated heterocycles. The van der Waals surface area contributed by atoms with Crippen LogP contribution in [0.2, 0.25) is 10.0 Å². The Morgan fingerprint density at radius 2 is 2.00 bits per heavy atom. The third-order valence-corrected chi connectivity index (χ3v) is 4.32. The monoisotopic (exact) mass is 325 g/mol. The maximum atomic E-state index is 6.05. The highest BCUT2D eigenvalue weighted by Gasteiger charge is 2.44. The van der Waals surface area contributed by atoms with Crippen LogP contribution in [0.5, 0.6) is 0 Å². The van der Waals surface area contributed by atoms with E-state index >= 15 is 0 Å². The summed E-state index contributed by atoms with van der Waals surface area (Å²) in [6, 6.07) is 5.99. The van der Waals surface area contributed by atoms with Crippen molar-refractivity contribution >= 4 is 23.2 Å². The molecule has 6 heteroatoms. The van der Waals surface area contributed by atoms with Gasteiger partial charge in [0, 0.05) is 28.4 Å². The summed E-state index contributed by atoms with van der Waals surface area (Å²) in [6.07, 6.45) is 1.76. The average Bonchev–Trinajstić information content (AvgIpc) is 3.11. The normalized spacial score (nSPS) is 22.3. The minimum absolute atomic E-state index is 0.283. The van der Waals surface area contributed by atoms with Crippen molar-refractivity contribution < 1.29 is 4.52 Å². The van der Waals surface area contributed by atoms with Gasteiger partial charge in [-0.1, -0.05) is 28.4 Å². The number of hydrogen-bond acceptors (Lipinski definition) is 4. The van der Waals surface area contributed by atoms with E-state index in [0.717, 1.165) is 30.1 Å². The molecule has 1 aliphatic rings. The summed E-state index contributed by atoms with van der Waals surface area (Å²) in [5.74, 6) is 2.12. The minimum Gasteiger partial charge on any atom is -0.339 e. The molecule has 21 heavy (non-hydrogen) atoms. The van der Waals surface area contributed by atoms with Gasteiger partial charge in [0.1, 0.15) is 0 Å². The molecule has 1 fully saturated rings. The molecule has 1 saturated carbocycles. The number of halogens is 2. The molecule has 1 aromatic heterocycles. The third kappa shape index (κ3) is 3.39. The molecule has 1 N–H and O–H groups in total. The molecule has 4 nitrogen and oxygen atoms in total. The quantitative estimate of drug-likeness (QED) is 0.908. The van der Waals surface area contributed by atoms with Crippen LogP contribution >= 0.6 is 23.2 Å². The highest BCUT2D eigenvalue weighted by atomic mass is 35.5. The van der Waals surface area contributed by atoms with Crippen molar-refractivity contribution in [2.75, 3.05) is 7.05 Å². The van der Waals surface area contributed by atoms with Crippen LogP contribution in [0, 0.1) is 0 Å². The summed E-state index contributed by atoms with van der Waals surface area (Å²) in [5, 5.41) is 8.54. The van der Waals surface area contributed by atoms with Crippen LogP contribution in [0.1, 0.15) is 42.5 Å². The molecule has 1 heterocycles. The second-order valence-electron chi connectivity index (χ2n) is 5.59. The van der Waals surface area contributed by atoms with Gasteiger partial charge in [0.15, 0.2) is 5.82 Å². The molecule has 3 unspecified atom stereocenters. The second kappa shape index (κ2) is 5.95. The van der Waals surface area contributed by atoms with Gasteiger partial charge in [-0.05, 0) is 50.1 Å². The molecule has 0 aliphatic heterocycles. The highest BCUT2D eigenvalue weighted by Crippen LogP contribution is 2.54. The zero-order valence-corrected chi connectivity index (χ0v) is 13.4. The van der Waals surface area contributed by atoms with Gasteiger partial charge in [-0.2, -0.15) is 4.98 Å². The lowest BCUT2D eigenvalue weighted by molar-refractivity contribution is 0.371. The van der Waals surface area contributed by atoms with E-state index in [2.05, 4.69) is 22.4 Å². The first kappa shape index (κ1) is 14.8. The fourth-order valence-corrected chi connectivity index (χ4v) is 3.05. The SMILES string of the molecule is CNC(C)Cc1noc(C2CC2c2cc(Cl)cc(Cl)c2)n1. The van der Waals surface area contributed by atoms with Gasteiger partial charge < -0.3 is 9.84 Å². The molecule has 2 aromatic rings. The van der Waals surface area contributed by atoms with E-state index in [0.29, 0.717) is 22.0 Å². The van der Waals surface area contributed by atoms with Crippen molar-refractivity contribution in [3.8, 4) is 0 Å². The van der Waals surface area contributed by atoms with Gasteiger partial charge in [0.05, 0.1) is 0 Å². The van der Waals surface area contributed by atoms with Crippen LogP contribution in [0.25, 0.3) is 0 Å². The smallest absolute Gasteiger partial charge is 0.230 e. The van der Waals surface area contributed by atoms with Crippen molar-refractivity contribution in [2.45, 2.75) is 37.6 Å². The van der Waals surface area contributed by atoms with Crippen molar-refractivity contribution in [1.82, 2.24) is 15.5 Å². The van der Waals surface area contributed by atoms with Crippen LogP contribution in [-0.4, -0.2) is 23.2 Å². The molecule has 0 bridgehead atoms. The van der Waals surface area contributed by atoms with Crippen LogP contribution in [-0.2, 0) is 6.42 Å². The first-order chi connectivity index (χ1) is 10.1. The minimum atomic E-state index is 0.283. The topological polar surface area (TPSA) is 51.0 Å². The third-order valence-electron chi connectivity index (χ3n) is 3.89. The standard InChI is InChI=1S/C15H17Cl2N3O/c1-8(18-2)3-14-19-15(21-20-14)13-7-12(13)9-4-10(16)6-11(17)5-9/h4-6,8,12-13,18H,3,7H2,1-2H3. The lowest BCUT2D eigenvalue weighted by Crippen LogP contribution is -2.24. The summed E-state index contributed by atoms with van der Waals surface area (Å²) in [6.45, 7) is 2.09. The van der Waals surface area contributed by atoms with E-state index in [-0.39, 0.29) is 5.92 Å². The van der Waals surface area contributed by atoms with Gasteiger partial charge in [-0.25, -0.2) is 0 Å². The van der Waals surface area contributed by atoms with Gasteiger partial charge in [-0.15, -0.1) is 0 Å². The summed E-state index contributed by atoms with van der Waals surface area (Å²) in [7, 11) is 1.92. The van der Waals surface area contributed by atoms with Crippen molar-refractivity contribution in [1.29, 1.82) is 0 Å². The van der Waals surface area contributed by atoms with Crippen molar-refractivity contribution in [3.63, 3.8) is 0 Å². The Morgan fingerprint density at radius 1 is 1.29 bits per heavy atom. The van der Waals surface area contributed by atoms with E-state index in [1.54, 1.807) is 6.07 Å². The van der Waals surface area contributed by atoms with Crippen LogP contribution < -0.4 is 5.32 Å². The van der Waals surface area contributed by atoms with Crippen molar-refractivity contribution in [3.05, 3.63) is 45.5 Å². The Hall–Kier alpha value is -1.10. The van der Waals surface area contributed by atoms with E-state index in [4.69, 9.17) is 27.7 Å². The largest absolute Gasteiger partial charge is 0.339 e. The molecule has 0 spiro atoms. The van der Waals surface area contributed by atoms with Gasteiger partial charge in [-0.3, -0.25) is 0 Å². The molecule has 1 aliphatic carbocycles. The average molecular weight is 326 g/mol. The summed E-state index contributed by atoms with van der Waals surface area (Å²) >= 11 is 12.1. The van der Waals surface area contributed by atoms with E-state index < -0.39 is 0 Å². The van der Waals surface area contributed by atoms with Gasteiger partial charge >= 0.3 is 0 Å². The fraction of sp³-hybridized carbons (Fsp3) is 0.467. The maximum absolute atomic E-state index is 6.05. The van der Waals surface area contributed by atoms with Crippen LogP contribution in [0.3, 0.4) is 0 Å². The zero-order chi connectivity index (χ0) is 15.0. The van der Waals surface area contributed by atoms with Crippen molar-refractivity contribution in [2.24, 2.45) is 0 Å². The Bertz CT molecular complexity index is 623. The predicted molar refractivity (Wildman–Crippen MR) is 83.1 cm³/mol. The summed E-state index contributed by atoms with van der Waals surface area (Å²) in [5.41, 5.74) is 1.14. The molecular formula is C15H17Cl2N3O. The number of likely N-dealkylation sites (N-methyl/N-ethyl adjacent to an activating group) is 1. The van der Waals surface area contributed by atoms with E-state index in [1.807, 2.05) is 19.2 Å². The lowest BCUT2D eigenvalue weighted by Gasteiger charge is -2.04. The first-order valence-corrected chi connectivity index (χ1v) is 7.78. The lowest BCUT2D eigenvalue weighted by atomic mass is 10.1. The van der Waals surface area contributed by atoms with E-state index in [9.17, 15) is 0 Å². The molecule has 0 radical (unpaired) electrons. The maximum Gasteiger partial charge on any atom is 0.230 e. The molecule has 112 valence electrons. The number of aromatic nitrogens is 2. The van der Waals surface area contributed by atoms with Gasteiger partial charge in [0.25, 0.3) is 0 Å². The Kier molecular flexibility index (Phi) is 4.20. The zero-order valence-electron chi connectivity index (χ0n) is 11.9. The number of nitrogens with one attached hydrogen (secondary N) is 1. The molecule has 3 rings (SSSR count).